The van der Waals surface area contributed by atoms with Gasteiger partial charge in [0.05, 0.1) is 11.5 Å². The van der Waals surface area contributed by atoms with Gasteiger partial charge in [-0.3, -0.25) is 9.59 Å². The maximum Gasteiger partial charge on any atom is 0.229 e. The van der Waals surface area contributed by atoms with Crippen LogP contribution in [0.3, 0.4) is 0 Å². The molecule has 2 amide bonds. The van der Waals surface area contributed by atoms with Crippen molar-refractivity contribution in [3.8, 4) is 0 Å². The van der Waals surface area contributed by atoms with Crippen molar-refractivity contribution in [3.05, 3.63) is 0 Å². The monoisotopic (exact) mass is 162 g/mol. The van der Waals surface area contributed by atoms with Gasteiger partial charge in [-0.1, -0.05) is 0 Å². The number of amides is 2. The Balaban J connectivity index is 3.20. The Morgan fingerprint density at radius 1 is 1.50 bits per heavy atom. The average molecular weight is 162 g/mol. The van der Waals surface area contributed by atoms with Crippen LogP contribution in [0.25, 0.3) is 0 Å². The van der Waals surface area contributed by atoms with Gasteiger partial charge in [-0.2, -0.15) is 0 Å². The van der Waals surface area contributed by atoms with E-state index in [0.29, 0.717) is 5.75 Å². The second-order valence-electron chi connectivity index (χ2n) is 1.63. The van der Waals surface area contributed by atoms with E-state index in [9.17, 15) is 9.59 Å². The van der Waals surface area contributed by atoms with Gasteiger partial charge in [-0.05, 0) is 0 Å². The molecule has 0 aliphatic heterocycles. The van der Waals surface area contributed by atoms with Crippen molar-refractivity contribution in [3.63, 3.8) is 0 Å². The van der Waals surface area contributed by atoms with Gasteiger partial charge < -0.3 is 11.1 Å². The summed E-state index contributed by atoms with van der Waals surface area (Å²) < 4.78 is 0. The van der Waals surface area contributed by atoms with E-state index in [1.54, 1.807) is 7.05 Å². The quantitative estimate of drug-likeness (QED) is 0.554. The topological polar surface area (TPSA) is 72.2 Å². The number of carbonyl (C=O) groups is 2. The van der Waals surface area contributed by atoms with Crippen molar-refractivity contribution in [2.24, 2.45) is 5.73 Å². The normalized spacial score (nSPS) is 8.90. The molecule has 0 heterocycles. The lowest BCUT2D eigenvalue weighted by atomic mass is 10.7. The summed E-state index contributed by atoms with van der Waals surface area (Å²) in [6.07, 6.45) is 0. The molecule has 10 heavy (non-hydrogen) atoms. The molecule has 58 valence electrons. The fourth-order valence-corrected chi connectivity index (χ4v) is 0.949. The highest BCUT2D eigenvalue weighted by atomic mass is 32.2. The molecule has 0 saturated carbocycles. The van der Waals surface area contributed by atoms with Crippen LogP contribution in [0.5, 0.6) is 0 Å². The smallest absolute Gasteiger partial charge is 0.229 e. The lowest BCUT2D eigenvalue weighted by Gasteiger charge is -1.96. The molecule has 0 aromatic carbocycles. The molecule has 0 aromatic heterocycles. The first-order valence-electron chi connectivity index (χ1n) is 2.73. The highest BCUT2D eigenvalue weighted by Gasteiger charge is 1.99. The number of nitrogens with one attached hydrogen (secondary N) is 1. The first-order chi connectivity index (χ1) is 4.66. The van der Waals surface area contributed by atoms with Crippen molar-refractivity contribution >= 4 is 23.6 Å². The summed E-state index contributed by atoms with van der Waals surface area (Å²) in [5.41, 5.74) is 4.83. The van der Waals surface area contributed by atoms with Crippen molar-refractivity contribution < 1.29 is 9.59 Å². The van der Waals surface area contributed by atoms with E-state index in [-0.39, 0.29) is 11.7 Å². The first kappa shape index (κ1) is 9.29. The zero-order valence-electron chi connectivity index (χ0n) is 5.72. The van der Waals surface area contributed by atoms with Gasteiger partial charge in [0.25, 0.3) is 0 Å². The summed E-state index contributed by atoms with van der Waals surface area (Å²) in [5, 5.41) is 2.43. The summed E-state index contributed by atoms with van der Waals surface area (Å²) in [6.45, 7) is 0. The lowest BCUT2D eigenvalue weighted by Crippen LogP contribution is -2.21. The van der Waals surface area contributed by atoms with Crippen LogP contribution in [0.2, 0.25) is 0 Å². The third-order valence-corrected chi connectivity index (χ3v) is 1.71. The average Bonchev–Trinajstić information content (AvgIpc) is 1.87. The largest absolute Gasteiger partial charge is 0.369 e. The minimum Gasteiger partial charge on any atom is -0.369 e. The highest BCUT2D eigenvalue weighted by Crippen LogP contribution is 1.96. The number of thioether (sulfide) groups is 1. The molecule has 0 unspecified atom stereocenters. The summed E-state index contributed by atoms with van der Waals surface area (Å²) in [5.74, 6) is 0.00695. The standard InChI is InChI=1S/C5H10N2O2S/c1-7-5(9)3-10-2-4(6)8/h2-3H2,1H3,(H2,6,8)(H,7,9). The maximum atomic E-state index is 10.5. The Morgan fingerprint density at radius 2 is 2.10 bits per heavy atom. The minimum atomic E-state index is -0.395. The Hall–Kier alpha value is -0.710. The molecule has 5 heteroatoms. The second kappa shape index (κ2) is 5.10. The molecule has 0 fully saturated rings. The Labute approximate surface area is 63.5 Å². The fraction of sp³-hybridized carbons (Fsp3) is 0.600. The zero-order chi connectivity index (χ0) is 7.98. The van der Waals surface area contributed by atoms with E-state index in [4.69, 9.17) is 5.73 Å². The molecule has 0 radical (unpaired) electrons. The van der Waals surface area contributed by atoms with Gasteiger partial charge >= 0.3 is 0 Å². The van der Waals surface area contributed by atoms with Crippen LogP contribution < -0.4 is 11.1 Å². The minimum absolute atomic E-state index is 0.0914. The van der Waals surface area contributed by atoms with Gasteiger partial charge in [0.15, 0.2) is 0 Å². The van der Waals surface area contributed by atoms with E-state index >= 15 is 0 Å². The number of hydrogen-bond donors (Lipinski definition) is 2. The van der Waals surface area contributed by atoms with E-state index in [1.165, 1.54) is 11.8 Å². The molecule has 0 saturated heterocycles. The lowest BCUT2D eigenvalue weighted by molar-refractivity contribution is -0.118. The molecule has 0 atom stereocenters. The van der Waals surface area contributed by atoms with Crippen LogP contribution >= 0.6 is 11.8 Å². The number of nitrogens with two attached hydrogens (primary N) is 1. The molecule has 0 bridgehead atoms. The molecule has 3 N–H and O–H groups in total. The Bertz CT molecular complexity index is 138. The molecular weight excluding hydrogens is 152 g/mol. The molecule has 0 spiro atoms. The predicted molar refractivity (Wildman–Crippen MR) is 40.6 cm³/mol. The van der Waals surface area contributed by atoms with Crippen molar-refractivity contribution in [2.45, 2.75) is 0 Å². The van der Waals surface area contributed by atoms with Crippen molar-refractivity contribution in [1.29, 1.82) is 0 Å². The fourth-order valence-electron chi connectivity index (χ4n) is 0.316. The van der Waals surface area contributed by atoms with E-state index in [2.05, 4.69) is 5.32 Å². The van der Waals surface area contributed by atoms with Gasteiger partial charge in [0.1, 0.15) is 0 Å². The van der Waals surface area contributed by atoms with Crippen LogP contribution in [0, 0.1) is 0 Å². The Kier molecular flexibility index (Phi) is 4.74. The van der Waals surface area contributed by atoms with Gasteiger partial charge in [0.2, 0.25) is 11.8 Å². The third kappa shape index (κ3) is 5.43. The molecule has 0 aromatic rings. The van der Waals surface area contributed by atoms with Crippen LogP contribution in [0.4, 0.5) is 0 Å². The van der Waals surface area contributed by atoms with Crippen LogP contribution in [-0.2, 0) is 9.59 Å². The predicted octanol–water partition coefficient (Wildman–Crippen LogP) is -1.05. The number of carbonyl (C=O) groups excluding carboxylic acids is 2. The first-order valence-corrected chi connectivity index (χ1v) is 3.89. The maximum absolute atomic E-state index is 10.5. The molecular formula is C5H10N2O2S. The second-order valence-corrected chi connectivity index (χ2v) is 2.62. The summed E-state index contributed by atoms with van der Waals surface area (Å²) >= 11 is 1.21. The molecule has 0 aliphatic rings. The van der Waals surface area contributed by atoms with Crippen molar-refractivity contribution in [1.82, 2.24) is 5.32 Å². The zero-order valence-corrected chi connectivity index (χ0v) is 6.53. The van der Waals surface area contributed by atoms with Crippen molar-refractivity contribution in [2.75, 3.05) is 18.6 Å². The molecule has 0 aliphatic carbocycles. The summed E-state index contributed by atoms with van der Waals surface area (Å²) in [4.78, 5) is 20.6. The van der Waals surface area contributed by atoms with E-state index in [1.807, 2.05) is 0 Å². The highest BCUT2D eigenvalue weighted by molar-refractivity contribution is 8.00. The van der Waals surface area contributed by atoms with Crippen LogP contribution in [-0.4, -0.2) is 30.4 Å². The molecule has 0 rings (SSSR count). The van der Waals surface area contributed by atoms with Gasteiger partial charge in [-0.25, -0.2) is 0 Å². The van der Waals surface area contributed by atoms with E-state index in [0.717, 1.165) is 0 Å². The van der Waals surface area contributed by atoms with Gasteiger partial charge in [0, 0.05) is 7.05 Å². The molecule has 4 nitrogen and oxygen atoms in total. The Morgan fingerprint density at radius 3 is 2.50 bits per heavy atom. The summed E-state index contributed by atoms with van der Waals surface area (Å²) in [6, 6.07) is 0. The van der Waals surface area contributed by atoms with Crippen LogP contribution in [0.15, 0.2) is 0 Å². The number of primary amides is 1. The number of rotatable bonds is 4. The van der Waals surface area contributed by atoms with E-state index < -0.39 is 5.91 Å². The SMILES string of the molecule is CNC(=O)CSCC(N)=O. The number of hydrogen-bond acceptors (Lipinski definition) is 3. The summed E-state index contributed by atoms with van der Waals surface area (Å²) in [7, 11) is 1.55. The van der Waals surface area contributed by atoms with Gasteiger partial charge in [-0.15, -0.1) is 11.8 Å². The van der Waals surface area contributed by atoms with Crippen LogP contribution in [0.1, 0.15) is 0 Å². The third-order valence-electron chi connectivity index (χ3n) is 0.756.